The summed E-state index contributed by atoms with van der Waals surface area (Å²) in [7, 11) is 0. The van der Waals surface area contributed by atoms with Crippen LogP contribution in [-0.2, 0) is 4.79 Å². The molecule has 0 aromatic heterocycles. The maximum Gasteiger partial charge on any atom is 0.270 e. The molecule has 0 aliphatic heterocycles. The summed E-state index contributed by atoms with van der Waals surface area (Å²) >= 11 is 7.26. The predicted octanol–water partition coefficient (Wildman–Crippen LogP) is 4.73. The molecule has 0 radical (unpaired) electrons. The molecule has 1 amide bonds. The van der Waals surface area contributed by atoms with E-state index in [0.717, 1.165) is 23.7 Å². The van der Waals surface area contributed by atoms with Crippen molar-refractivity contribution >= 4 is 46.9 Å². The van der Waals surface area contributed by atoms with Crippen molar-refractivity contribution in [1.29, 1.82) is 0 Å². The lowest BCUT2D eigenvalue weighted by atomic mass is 10.1. The number of halogens is 1. The highest BCUT2D eigenvalue weighted by molar-refractivity contribution is 8.00. The van der Waals surface area contributed by atoms with Crippen LogP contribution in [-0.4, -0.2) is 35.4 Å². The summed E-state index contributed by atoms with van der Waals surface area (Å²) in [5.41, 5.74) is 3.87. The molecule has 2 rings (SSSR count). The van der Waals surface area contributed by atoms with Gasteiger partial charge in [-0.2, -0.15) is 5.10 Å². The lowest BCUT2D eigenvalue weighted by Crippen LogP contribution is -2.27. The van der Waals surface area contributed by atoms with E-state index in [4.69, 9.17) is 11.6 Å². The number of amides is 1. The minimum atomic E-state index is -0.452. The number of hydrogen-bond donors (Lipinski definition) is 1. The van der Waals surface area contributed by atoms with Gasteiger partial charge >= 0.3 is 0 Å². The van der Waals surface area contributed by atoms with Crippen LogP contribution in [0.25, 0.3) is 0 Å². The molecule has 0 unspecified atom stereocenters. The minimum absolute atomic E-state index is 0.0275. The molecule has 2 aromatic carbocycles. The average Bonchev–Trinajstić information content (AvgIpc) is 2.71. The number of nitro groups is 1. The smallest absolute Gasteiger partial charge is 0.270 e. The number of carbonyl (C=O) groups excluding carboxylic acids is 1. The zero-order valence-corrected chi connectivity index (χ0v) is 18.0. The van der Waals surface area contributed by atoms with Crippen molar-refractivity contribution in [2.24, 2.45) is 5.10 Å². The molecule has 29 heavy (non-hydrogen) atoms. The second kappa shape index (κ2) is 10.8. The molecule has 7 nitrogen and oxygen atoms in total. The van der Waals surface area contributed by atoms with Crippen LogP contribution < -0.4 is 10.3 Å². The molecule has 0 saturated carbocycles. The van der Waals surface area contributed by atoms with Crippen molar-refractivity contribution in [2.75, 3.05) is 18.0 Å². The first-order valence-corrected chi connectivity index (χ1v) is 10.4. The minimum Gasteiger partial charge on any atom is -0.372 e. The maximum absolute atomic E-state index is 12.3. The van der Waals surface area contributed by atoms with Gasteiger partial charge in [-0.25, -0.2) is 5.43 Å². The van der Waals surface area contributed by atoms with Crippen molar-refractivity contribution in [1.82, 2.24) is 5.43 Å². The van der Waals surface area contributed by atoms with Gasteiger partial charge in [-0.1, -0.05) is 11.6 Å². The monoisotopic (exact) mass is 434 g/mol. The Balaban J connectivity index is 2.10. The number of nitrogens with one attached hydrogen (secondary N) is 1. The number of nitro benzene ring substituents is 1. The SMILES string of the molecule is CCN(CC)c1ccc([N+](=O)[O-])cc1/C=N\NC(=O)[C@@H](C)Sc1ccc(Cl)cc1. The summed E-state index contributed by atoms with van der Waals surface area (Å²) in [5, 5.41) is 15.4. The van der Waals surface area contributed by atoms with Gasteiger partial charge in [0, 0.05) is 46.4 Å². The van der Waals surface area contributed by atoms with E-state index in [1.54, 1.807) is 25.1 Å². The molecule has 9 heteroatoms. The molecular formula is C20H23ClN4O3S. The van der Waals surface area contributed by atoms with Crippen LogP contribution in [0.4, 0.5) is 11.4 Å². The van der Waals surface area contributed by atoms with E-state index in [1.165, 1.54) is 30.1 Å². The van der Waals surface area contributed by atoms with Gasteiger partial charge < -0.3 is 4.90 Å². The zero-order valence-electron chi connectivity index (χ0n) is 16.5. The fourth-order valence-corrected chi connectivity index (χ4v) is 3.63. The van der Waals surface area contributed by atoms with Crippen LogP contribution in [0.1, 0.15) is 26.3 Å². The summed E-state index contributed by atoms with van der Waals surface area (Å²) < 4.78 is 0. The van der Waals surface area contributed by atoms with Crippen LogP contribution in [0.15, 0.2) is 52.5 Å². The van der Waals surface area contributed by atoms with Gasteiger partial charge in [0.1, 0.15) is 0 Å². The molecule has 0 bridgehead atoms. The topological polar surface area (TPSA) is 87.8 Å². The number of hydrazone groups is 1. The second-order valence-corrected chi connectivity index (χ2v) is 7.97. The molecular weight excluding hydrogens is 412 g/mol. The third kappa shape index (κ3) is 6.47. The van der Waals surface area contributed by atoms with Crippen molar-refractivity contribution in [3.05, 3.63) is 63.2 Å². The molecule has 0 fully saturated rings. The Morgan fingerprint density at radius 3 is 2.52 bits per heavy atom. The molecule has 2 aromatic rings. The number of non-ortho nitro benzene ring substituents is 1. The number of nitrogens with zero attached hydrogens (tertiary/aromatic N) is 3. The third-order valence-electron chi connectivity index (χ3n) is 4.20. The Hall–Kier alpha value is -2.58. The molecule has 154 valence electrons. The van der Waals surface area contributed by atoms with Gasteiger partial charge in [0.05, 0.1) is 16.4 Å². The van der Waals surface area contributed by atoms with Crippen molar-refractivity contribution in [3.8, 4) is 0 Å². The third-order valence-corrected chi connectivity index (χ3v) is 5.56. The van der Waals surface area contributed by atoms with Crippen LogP contribution in [0.3, 0.4) is 0 Å². The first kappa shape index (κ1) is 22.7. The Labute approximate surface area is 179 Å². The van der Waals surface area contributed by atoms with Gasteiger partial charge in [0.15, 0.2) is 0 Å². The standard InChI is InChI=1S/C20H23ClN4O3S/c1-4-24(5-2)19-11-8-17(25(27)28)12-15(19)13-22-23-20(26)14(3)29-18-9-6-16(21)7-10-18/h6-14H,4-5H2,1-3H3,(H,23,26)/b22-13-/t14-/m1/s1. The molecule has 1 atom stereocenters. The number of anilines is 1. The first-order chi connectivity index (χ1) is 13.8. The maximum atomic E-state index is 12.3. The number of carbonyl (C=O) groups is 1. The van der Waals surface area contributed by atoms with E-state index in [1.807, 2.05) is 26.0 Å². The van der Waals surface area contributed by atoms with Gasteiger partial charge in [-0.05, 0) is 51.1 Å². The van der Waals surface area contributed by atoms with Crippen LogP contribution >= 0.6 is 23.4 Å². The van der Waals surface area contributed by atoms with Crippen molar-refractivity contribution in [2.45, 2.75) is 30.9 Å². The fraction of sp³-hybridized carbons (Fsp3) is 0.300. The highest BCUT2D eigenvalue weighted by Gasteiger charge is 2.15. The molecule has 0 aliphatic carbocycles. The van der Waals surface area contributed by atoms with Gasteiger partial charge in [-0.3, -0.25) is 14.9 Å². The Morgan fingerprint density at radius 2 is 1.93 bits per heavy atom. The summed E-state index contributed by atoms with van der Waals surface area (Å²) in [5.74, 6) is -0.268. The van der Waals surface area contributed by atoms with Crippen molar-refractivity contribution < 1.29 is 9.72 Å². The van der Waals surface area contributed by atoms with E-state index in [9.17, 15) is 14.9 Å². The number of benzene rings is 2. The molecule has 0 heterocycles. The van der Waals surface area contributed by atoms with Crippen molar-refractivity contribution in [3.63, 3.8) is 0 Å². The summed E-state index contributed by atoms with van der Waals surface area (Å²) in [6.07, 6.45) is 1.44. The summed E-state index contributed by atoms with van der Waals surface area (Å²) in [6.45, 7) is 7.28. The van der Waals surface area contributed by atoms with Gasteiger partial charge in [0.2, 0.25) is 0 Å². The zero-order chi connectivity index (χ0) is 21.4. The van der Waals surface area contributed by atoms with E-state index < -0.39 is 4.92 Å². The highest BCUT2D eigenvalue weighted by atomic mass is 35.5. The number of hydrogen-bond acceptors (Lipinski definition) is 6. The van der Waals surface area contributed by atoms with Gasteiger partial charge in [-0.15, -0.1) is 11.8 Å². The molecule has 0 aliphatic rings. The Kier molecular flexibility index (Phi) is 8.48. The summed E-state index contributed by atoms with van der Waals surface area (Å²) in [4.78, 5) is 26.0. The average molecular weight is 435 g/mol. The Bertz CT molecular complexity index is 886. The quantitative estimate of drug-likeness (QED) is 0.267. The van der Waals surface area contributed by atoms with Crippen LogP contribution in [0.2, 0.25) is 5.02 Å². The lowest BCUT2D eigenvalue weighted by Gasteiger charge is -2.22. The first-order valence-electron chi connectivity index (χ1n) is 9.14. The van der Waals surface area contributed by atoms with E-state index in [-0.39, 0.29) is 16.8 Å². The van der Waals surface area contributed by atoms with E-state index in [2.05, 4.69) is 15.4 Å². The van der Waals surface area contributed by atoms with Crippen LogP contribution in [0, 0.1) is 10.1 Å². The van der Waals surface area contributed by atoms with Gasteiger partial charge in [0.25, 0.3) is 11.6 Å². The number of rotatable bonds is 9. The summed E-state index contributed by atoms with van der Waals surface area (Å²) in [6, 6.07) is 11.9. The largest absolute Gasteiger partial charge is 0.372 e. The molecule has 1 N–H and O–H groups in total. The lowest BCUT2D eigenvalue weighted by molar-refractivity contribution is -0.384. The predicted molar refractivity (Wildman–Crippen MR) is 119 cm³/mol. The van der Waals surface area contributed by atoms with E-state index >= 15 is 0 Å². The highest BCUT2D eigenvalue weighted by Crippen LogP contribution is 2.25. The Morgan fingerprint density at radius 1 is 1.28 bits per heavy atom. The van der Waals surface area contributed by atoms with Crippen LogP contribution in [0.5, 0.6) is 0 Å². The second-order valence-electron chi connectivity index (χ2n) is 6.12. The molecule has 0 spiro atoms. The fourth-order valence-electron chi connectivity index (χ4n) is 2.64. The van der Waals surface area contributed by atoms with E-state index in [0.29, 0.717) is 10.6 Å². The number of thioether (sulfide) groups is 1. The molecule has 0 saturated heterocycles. The normalized spacial score (nSPS) is 12.0.